The molecule has 512 valence electrons. The Morgan fingerprint density at radius 1 is 0.404 bits per heavy atom. The number of rotatable bonds is 66. The summed E-state index contributed by atoms with van der Waals surface area (Å²) >= 11 is 0. The summed E-state index contributed by atoms with van der Waals surface area (Å²) in [5.74, 6) is -0.520. The van der Waals surface area contributed by atoms with Gasteiger partial charge in [-0.15, -0.1) is 0 Å². The molecule has 89 heavy (non-hydrogen) atoms. The van der Waals surface area contributed by atoms with Gasteiger partial charge in [0.05, 0.1) is 33.8 Å². The first-order valence-corrected chi connectivity index (χ1v) is 38.4. The number of amides is 1. The monoisotopic (exact) mass is 1260 g/mol. The maximum atomic E-state index is 13.7. The van der Waals surface area contributed by atoms with Crippen molar-refractivity contribution in [3.05, 3.63) is 122 Å². The van der Waals surface area contributed by atoms with E-state index >= 15 is 0 Å². The van der Waals surface area contributed by atoms with Crippen molar-refractivity contribution in [1.82, 2.24) is 5.32 Å². The van der Waals surface area contributed by atoms with Crippen LogP contribution in [0.5, 0.6) is 0 Å². The summed E-state index contributed by atoms with van der Waals surface area (Å²) in [5, 5.41) is 3.07. The number of quaternary nitrogens is 1. The van der Waals surface area contributed by atoms with Crippen molar-refractivity contribution in [2.45, 2.75) is 328 Å². The van der Waals surface area contributed by atoms with Crippen LogP contribution in [0.2, 0.25) is 0 Å². The molecule has 0 radical (unpaired) electrons. The largest absolute Gasteiger partial charge is 0.472 e. The first-order valence-electron chi connectivity index (χ1n) is 36.9. The van der Waals surface area contributed by atoms with Crippen molar-refractivity contribution in [3.8, 4) is 0 Å². The van der Waals surface area contributed by atoms with Crippen molar-refractivity contribution in [1.29, 1.82) is 0 Å². The van der Waals surface area contributed by atoms with E-state index in [1.54, 1.807) is 0 Å². The van der Waals surface area contributed by atoms with Gasteiger partial charge in [0.25, 0.3) is 0 Å². The predicted octanol–water partition coefficient (Wildman–Crippen LogP) is 23.8. The standard InChI is InChI=1S/C79H139N2O7P/c1-7-10-13-16-19-22-25-28-30-32-34-36-38-39-40-41-43-44-46-48-50-53-56-59-62-65-68-71-78(82)80-76(75-87-89(84,85)86-74-73-81(4,5)6)77(70-67-64-61-58-55-52-27-24-21-18-15-12-9-3)88-79(83)72-69-66-63-60-57-54-51-49-47-45-42-37-35-33-31-29-26-23-20-17-14-11-8-2/h11,14,19-20,22-23,28-31,34-37,39-40,45,47,67,70,76-77H,7-10,12-13,15-18,21,24-27,32-33,38,41-44,46,48-66,68-69,71-75H2,1-6H3,(H-,80,82,84,85)/p+1/b14-11-,22-19-,23-20-,30-28-,31-29-,36-34-,37-35-,40-39-,47-45-,70-67-. The molecule has 0 saturated carbocycles. The molecule has 9 nitrogen and oxygen atoms in total. The van der Waals surface area contributed by atoms with E-state index in [0.29, 0.717) is 17.4 Å². The van der Waals surface area contributed by atoms with E-state index in [2.05, 4.69) is 135 Å². The lowest BCUT2D eigenvalue weighted by atomic mass is 10.0. The second-order valence-corrected chi connectivity index (χ2v) is 27.2. The van der Waals surface area contributed by atoms with Gasteiger partial charge in [-0.2, -0.15) is 0 Å². The number of phosphoric acid groups is 1. The summed E-state index contributed by atoms with van der Waals surface area (Å²) in [4.78, 5) is 38.0. The van der Waals surface area contributed by atoms with Gasteiger partial charge in [-0.1, -0.05) is 303 Å². The van der Waals surface area contributed by atoms with Gasteiger partial charge < -0.3 is 19.4 Å². The number of ether oxygens (including phenoxy) is 1. The van der Waals surface area contributed by atoms with Crippen molar-refractivity contribution in [2.75, 3.05) is 40.9 Å². The smallest absolute Gasteiger partial charge is 0.456 e. The lowest BCUT2D eigenvalue weighted by molar-refractivity contribution is -0.870. The van der Waals surface area contributed by atoms with Gasteiger partial charge in [0, 0.05) is 12.8 Å². The van der Waals surface area contributed by atoms with Crippen LogP contribution in [0.15, 0.2) is 122 Å². The van der Waals surface area contributed by atoms with Gasteiger partial charge >= 0.3 is 13.8 Å². The molecular weight excluding hydrogens is 1120 g/mol. The highest BCUT2D eigenvalue weighted by Gasteiger charge is 2.30. The molecule has 3 atom stereocenters. The van der Waals surface area contributed by atoms with Crippen molar-refractivity contribution in [3.63, 3.8) is 0 Å². The van der Waals surface area contributed by atoms with E-state index in [0.717, 1.165) is 122 Å². The molecule has 10 heteroatoms. The molecule has 0 heterocycles. The van der Waals surface area contributed by atoms with Crippen LogP contribution in [0.25, 0.3) is 0 Å². The van der Waals surface area contributed by atoms with E-state index in [-0.39, 0.29) is 31.5 Å². The number of carbonyl (C=O) groups excluding carboxylic acids is 2. The van der Waals surface area contributed by atoms with E-state index < -0.39 is 20.0 Å². The van der Waals surface area contributed by atoms with Crippen LogP contribution in [0.3, 0.4) is 0 Å². The van der Waals surface area contributed by atoms with Crippen LogP contribution in [0, 0.1) is 0 Å². The van der Waals surface area contributed by atoms with Crippen LogP contribution in [-0.2, 0) is 27.9 Å². The molecular formula is C79H140N2O7P+. The van der Waals surface area contributed by atoms with Crippen LogP contribution in [0.1, 0.15) is 316 Å². The summed E-state index contributed by atoms with van der Waals surface area (Å²) in [6.07, 6.45) is 94.9. The summed E-state index contributed by atoms with van der Waals surface area (Å²) in [5.41, 5.74) is 0. The first kappa shape index (κ1) is 85.4. The van der Waals surface area contributed by atoms with Crippen molar-refractivity contribution < 1.29 is 37.3 Å². The Balaban J connectivity index is 5.11. The van der Waals surface area contributed by atoms with Gasteiger partial charge in [-0.25, -0.2) is 4.57 Å². The Bertz CT molecular complexity index is 1940. The third-order valence-electron chi connectivity index (χ3n) is 15.9. The van der Waals surface area contributed by atoms with Crippen LogP contribution >= 0.6 is 7.82 Å². The maximum Gasteiger partial charge on any atom is 0.472 e. The molecule has 0 bridgehead atoms. The molecule has 0 fully saturated rings. The molecule has 0 aromatic rings. The molecule has 0 aromatic heterocycles. The number of likely N-dealkylation sites (N-methyl/N-ethyl adjacent to an activating group) is 1. The summed E-state index contributed by atoms with van der Waals surface area (Å²) < 4.78 is 30.9. The Labute approximate surface area is 550 Å². The van der Waals surface area contributed by atoms with E-state index in [9.17, 15) is 19.0 Å². The number of unbranched alkanes of at least 4 members (excludes halogenated alkanes) is 32. The number of phosphoric ester groups is 1. The zero-order chi connectivity index (χ0) is 64.9. The van der Waals surface area contributed by atoms with E-state index in [1.165, 1.54) is 161 Å². The molecule has 0 aliphatic heterocycles. The zero-order valence-electron chi connectivity index (χ0n) is 58.6. The molecule has 0 rings (SSSR count). The quantitative estimate of drug-likeness (QED) is 0.0205. The fraction of sp³-hybridized carbons (Fsp3) is 0.722. The van der Waals surface area contributed by atoms with Gasteiger partial charge in [0.1, 0.15) is 19.3 Å². The van der Waals surface area contributed by atoms with Crippen LogP contribution in [0.4, 0.5) is 0 Å². The third kappa shape index (κ3) is 68.6. The SMILES string of the molecule is CC/C=C\C/C=C\C/C=C\C/C=C\C/C=C\CCCCCCCCCC(=O)OC(/C=C\CCCCCCCCCCCCC)C(COP(=O)(O)OCC[N+](C)(C)C)NC(=O)CCCCCCCCCCCCC/C=C\C/C=C\C/C=C\C/C=C\CCCCC. The zero-order valence-corrected chi connectivity index (χ0v) is 59.5. The Morgan fingerprint density at radius 3 is 1.10 bits per heavy atom. The summed E-state index contributed by atoms with van der Waals surface area (Å²) in [6, 6.07) is -0.864. The highest BCUT2D eigenvalue weighted by Crippen LogP contribution is 2.43. The summed E-state index contributed by atoms with van der Waals surface area (Å²) in [6.45, 7) is 6.88. The maximum absolute atomic E-state index is 13.7. The number of hydrogen-bond acceptors (Lipinski definition) is 6. The number of allylic oxidation sites excluding steroid dienone is 19. The van der Waals surface area contributed by atoms with Crippen LogP contribution in [-0.4, -0.2) is 74.3 Å². The number of nitrogens with one attached hydrogen (secondary N) is 1. The topological polar surface area (TPSA) is 111 Å². The second-order valence-electron chi connectivity index (χ2n) is 25.7. The van der Waals surface area contributed by atoms with Gasteiger partial charge in [-0.05, 0) is 122 Å². The van der Waals surface area contributed by atoms with Gasteiger partial charge in [0.15, 0.2) is 0 Å². The number of esters is 1. The Morgan fingerprint density at radius 2 is 0.719 bits per heavy atom. The predicted molar refractivity (Wildman–Crippen MR) is 387 cm³/mol. The van der Waals surface area contributed by atoms with Gasteiger partial charge in [-0.3, -0.25) is 18.6 Å². The minimum atomic E-state index is -4.47. The number of hydrogen-bond donors (Lipinski definition) is 2. The van der Waals surface area contributed by atoms with Crippen molar-refractivity contribution in [2.24, 2.45) is 0 Å². The lowest BCUT2D eigenvalue weighted by Crippen LogP contribution is -2.47. The average Bonchev–Trinajstić information content (AvgIpc) is 3.57. The molecule has 1 amide bonds. The molecule has 0 aromatic carbocycles. The fourth-order valence-corrected chi connectivity index (χ4v) is 11.0. The van der Waals surface area contributed by atoms with Crippen LogP contribution < -0.4 is 5.32 Å². The van der Waals surface area contributed by atoms with Gasteiger partial charge in [0.2, 0.25) is 5.91 Å². The van der Waals surface area contributed by atoms with E-state index in [1.807, 2.05) is 33.3 Å². The van der Waals surface area contributed by atoms with E-state index in [4.69, 9.17) is 13.8 Å². The minimum Gasteiger partial charge on any atom is -0.456 e. The lowest BCUT2D eigenvalue weighted by Gasteiger charge is -2.27. The first-order chi connectivity index (χ1) is 43.4. The number of carbonyl (C=O) groups is 2. The third-order valence-corrected chi connectivity index (χ3v) is 16.9. The molecule has 0 saturated heterocycles. The highest BCUT2D eigenvalue weighted by atomic mass is 31.2. The second kappa shape index (κ2) is 67.3. The normalized spacial score (nSPS) is 14.2. The Kier molecular flexibility index (Phi) is 64.6. The fourth-order valence-electron chi connectivity index (χ4n) is 10.2. The Hall–Kier alpha value is -3.59. The molecule has 0 aliphatic rings. The summed E-state index contributed by atoms with van der Waals surface area (Å²) in [7, 11) is 1.48. The minimum absolute atomic E-state index is 0.0323. The molecule has 0 aliphatic carbocycles. The number of nitrogens with zero attached hydrogens (tertiary/aromatic N) is 1. The highest BCUT2D eigenvalue weighted by molar-refractivity contribution is 7.47. The molecule has 0 spiro atoms. The molecule has 3 unspecified atom stereocenters. The average molecular weight is 1260 g/mol. The van der Waals surface area contributed by atoms with Crippen molar-refractivity contribution >= 4 is 19.7 Å². The molecule has 2 N–H and O–H groups in total.